The molecule has 1 unspecified atom stereocenters. The third-order valence-corrected chi connectivity index (χ3v) is 3.30. The molecule has 2 N–H and O–H groups in total. The summed E-state index contributed by atoms with van der Waals surface area (Å²) in [6.07, 6.45) is 5.91. The number of nitrogens with one attached hydrogen (secondary N) is 1. The summed E-state index contributed by atoms with van der Waals surface area (Å²) >= 11 is 0. The van der Waals surface area contributed by atoms with E-state index in [1.807, 2.05) is 0 Å². The normalized spacial score (nSPS) is 17.5. The van der Waals surface area contributed by atoms with E-state index in [-0.39, 0.29) is 17.9 Å². The Kier molecular flexibility index (Phi) is 5.81. The molecule has 0 aromatic heterocycles. The van der Waals surface area contributed by atoms with Gasteiger partial charge in [-0.1, -0.05) is 26.7 Å². The quantitative estimate of drug-likeness (QED) is 0.667. The van der Waals surface area contributed by atoms with Gasteiger partial charge in [0.1, 0.15) is 0 Å². The second kappa shape index (κ2) is 6.89. The zero-order valence-electron chi connectivity index (χ0n) is 10.5. The fourth-order valence-corrected chi connectivity index (χ4v) is 2.10. The van der Waals surface area contributed by atoms with E-state index < -0.39 is 0 Å². The maximum Gasteiger partial charge on any atom is 0.223 e. The first-order valence-electron chi connectivity index (χ1n) is 6.64. The van der Waals surface area contributed by atoms with Gasteiger partial charge in [-0.05, 0) is 31.6 Å². The Bertz CT molecular complexity index is 208. The third-order valence-electron chi connectivity index (χ3n) is 3.30. The minimum absolute atomic E-state index is 0.128. The number of hydrogen-bond acceptors (Lipinski definition) is 2. The Morgan fingerprint density at radius 3 is 2.31 bits per heavy atom. The first-order chi connectivity index (χ1) is 7.69. The minimum Gasteiger partial charge on any atom is -0.391 e. The lowest BCUT2D eigenvalue weighted by molar-refractivity contribution is -0.126. The van der Waals surface area contributed by atoms with Crippen LogP contribution in [-0.4, -0.2) is 23.7 Å². The van der Waals surface area contributed by atoms with E-state index in [0.717, 1.165) is 38.5 Å². The van der Waals surface area contributed by atoms with Crippen LogP contribution in [0.4, 0.5) is 0 Å². The molecule has 0 radical (unpaired) electrons. The molecule has 1 saturated carbocycles. The third kappa shape index (κ3) is 4.52. The highest BCUT2D eigenvalue weighted by Gasteiger charge is 2.30. The lowest BCUT2D eigenvalue weighted by Crippen LogP contribution is -2.37. The predicted molar refractivity (Wildman–Crippen MR) is 65.0 cm³/mol. The van der Waals surface area contributed by atoms with Crippen molar-refractivity contribution in [3.05, 3.63) is 0 Å². The van der Waals surface area contributed by atoms with Gasteiger partial charge in [-0.3, -0.25) is 4.79 Å². The first-order valence-corrected chi connectivity index (χ1v) is 6.64. The van der Waals surface area contributed by atoms with Gasteiger partial charge in [0, 0.05) is 12.5 Å². The smallest absolute Gasteiger partial charge is 0.223 e. The molecule has 1 aliphatic rings. The molecule has 0 aromatic carbocycles. The summed E-state index contributed by atoms with van der Waals surface area (Å²) in [6.45, 7) is 4.65. The summed E-state index contributed by atoms with van der Waals surface area (Å²) in [5, 5.41) is 12.5. The molecule has 0 saturated heterocycles. The minimum atomic E-state index is -0.326. The van der Waals surface area contributed by atoms with Crippen molar-refractivity contribution in [2.75, 3.05) is 6.54 Å². The lowest BCUT2D eigenvalue weighted by atomic mass is 9.97. The van der Waals surface area contributed by atoms with E-state index in [0.29, 0.717) is 12.5 Å². The molecule has 0 aromatic rings. The molecule has 1 rings (SSSR count). The second-order valence-corrected chi connectivity index (χ2v) is 4.92. The lowest BCUT2D eigenvalue weighted by Gasteiger charge is -2.17. The van der Waals surface area contributed by atoms with Gasteiger partial charge < -0.3 is 10.4 Å². The van der Waals surface area contributed by atoms with Crippen LogP contribution in [0.2, 0.25) is 0 Å². The number of aliphatic hydroxyl groups is 1. The van der Waals surface area contributed by atoms with Crippen LogP contribution in [0.15, 0.2) is 0 Å². The Balaban J connectivity index is 2.23. The molecule has 3 nitrogen and oxygen atoms in total. The maximum atomic E-state index is 11.8. The molecule has 0 spiro atoms. The van der Waals surface area contributed by atoms with Crippen molar-refractivity contribution < 1.29 is 9.90 Å². The van der Waals surface area contributed by atoms with Crippen molar-refractivity contribution in [2.45, 2.75) is 58.5 Å². The van der Waals surface area contributed by atoms with Crippen LogP contribution < -0.4 is 5.32 Å². The van der Waals surface area contributed by atoms with Crippen LogP contribution in [0.3, 0.4) is 0 Å². The summed E-state index contributed by atoms with van der Waals surface area (Å²) in [5.41, 5.74) is 0. The number of rotatable bonds is 8. The van der Waals surface area contributed by atoms with Gasteiger partial charge in [0.25, 0.3) is 0 Å². The highest BCUT2D eigenvalue weighted by atomic mass is 16.3. The molecule has 1 fully saturated rings. The van der Waals surface area contributed by atoms with Crippen molar-refractivity contribution in [3.63, 3.8) is 0 Å². The van der Waals surface area contributed by atoms with Crippen LogP contribution in [0.25, 0.3) is 0 Å². The van der Waals surface area contributed by atoms with E-state index in [1.165, 1.54) is 0 Å². The summed E-state index contributed by atoms with van der Waals surface area (Å²) in [6, 6.07) is 0. The monoisotopic (exact) mass is 227 g/mol. The molecule has 3 heteroatoms. The first kappa shape index (κ1) is 13.5. The second-order valence-electron chi connectivity index (χ2n) is 4.92. The van der Waals surface area contributed by atoms with Crippen molar-refractivity contribution in [3.8, 4) is 0 Å². The van der Waals surface area contributed by atoms with Gasteiger partial charge in [0.05, 0.1) is 6.10 Å². The molecule has 1 atom stereocenters. The number of amides is 1. The Labute approximate surface area is 98.6 Å². The van der Waals surface area contributed by atoms with E-state index in [9.17, 15) is 9.90 Å². The van der Waals surface area contributed by atoms with Crippen LogP contribution in [-0.2, 0) is 4.79 Å². The van der Waals surface area contributed by atoms with E-state index in [2.05, 4.69) is 19.2 Å². The Morgan fingerprint density at radius 1 is 1.31 bits per heavy atom. The van der Waals surface area contributed by atoms with Gasteiger partial charge in [-0.25, -0.2) is 0 Å². The van der Waals surface area contributed by atoms with Gasteiger partial charge in [-0.2, -0.15) is 0 Å². The molecule has 0 bridgehead atoms. The topological polar surface area (TPSA) is 49.3 Å². The molecule has 0 aliphatic heterocycles. The average Bonchev–Trinajstić information content (AvgIpc) is 3.09. The summed E-state index contributed by atoms with van der Waals surface area (Å²) in [5.74, 6) is 0.709. The van der Waals surface area contributed by atoms with Gasteiger partial charge >= 0.3 is 0 Å². The highest BCUT2D eigenvalue weighted by molar-refractivity contribution is 5.78. The molecular formula is C13H25NO2. The summed E-state index contributed by atoms with van der Waals surface area (Å²) in [7, 11) is 0. The molecule has 0 heterocycles. The van der Waals surface area contributed by atoms with Crippen molar-refractivity contribution in [2.24, 2.45) is 11.8 Å². The number of hydrogen-bond donors (Lipinski definition) is 2. The summed E-state index contributed by atoms with van der Waals surface area (Å²) < 4.78 is 0. The molecular weight excluding hydrogens is 202 g/mol. The standard InChI is InChI=1S/C13H25NO2/c1-3-5-11(6-4-2)13(16)14-9-12(15)10-7-8-10/h10-12,15H,3-9H2,1-2H3,(H,14,16). The number of carbonyl (C=O) groups is 1. The Morgan fingerprint density at radius 2 is 1.88 bits per heavy atom. The number of aliphatic hydroxyl groups excluding tert-OH is 1. The van der Waals surface area contributed by atoms with E-state index >= 15 is 0 Å². The zero-order valence-corrected chi connectivity index (χ0v) is 10.5. The van der Waals surface area contributed by atoms with Crippen molar-refractivity contribution >= 4 is 5.91 Å². The highest BCUT2D eigenvalue weighted by Crippen LogP contribution is 2.32. The Hall–Kier alpha value is -0.570. The van der Waals surface area contributed by atoms with Crippen LogP contribution in [0.1, 0.15) is 52.4 Å². The molecule has 94 valence electrons. The number of carbonyl (C=O) groups excluding carboxylic acids is 1. The van der Waals surface area contributed by atoms with Gasteiger partial charge in [0.15, 0.2) is 0 Å². The predicted octanol–water partition coefficient (Wildman–Crippen LogP) is 2.09. The van der Waals surface area contributed by atoms with Crippen LogP contribution >= 0.6 is 0 Å². The van der Waals surface area contributed by atoms with E-state index in [4.69, 9.17) is 0 Å². The van der Waals surface area contributed by atoms with Crippen LogP contribution in [0, 0.1) is 11.8 Å². The fraction of sp³-hybridized carbons (Fsp3) is 0.923. The zero-order chi connectivity index (χ0) is 12.0. The average molecular weight is 227 g/mol. The molecule has 1 aliphatic carbocycles. The van der Waals surface area contributed by atoms with E-state index in [1.54, 1.807) is 0 Å². The van der Waals surface area contributed by atoms with Crippen LogP contribution in [0.5, 0.6) is 0 Å². The SMILES string of the molecule is CCCC(CCC)C(=O)NCC(O)C1CC1. The molecule has 1 amide bonds. The fourth-order valence-electron chi connectivity index (χ4n) is 2.10. The van der Waals surface area contributed by atoms with Crippen molar-refractivity contribution in [1.29, 1.82) is 0 Å². The molecule has 16 heavy (non-hydrogen) atoms. The van der Waals surface area contributed by atoms with Gasteiger partial charge in [0.2, 0.25) is 5.91 Å². The van der Waals surface area contributed by atoms with Gasteiger partial charge in [-0.15, -0.1) is 0 Å². The largest absolute Gasteiger partial charge is 0.391 e. The summed E-state index contributed by atoms with van der Waals surface area (Å²) in [4.78, 5) is 11.8. The maximum absolute atomic E-state index is 11.8. The van der Waals surface area contributed by atoms with Crippen molar-refractivity contribution in [1.82, 2.24) is 5.32 Å².